The molecule has 1 amide bonds. The highest BCUT2D eigenvalue weighted by Crippen LogP contribution is 2.15. The molecular weight excluding hydrogens is 267 g/mol. The topological polar surface area (TPSA) is 32.3 Å². The second kappa shape index (κ2) is 7.46. The van der Waals surface area contributed by atoms with E-state index in [1.807, 2.05) is 20.8 Å². The van der Waals surface area contributed by atoms with E-state index in [4.69, 9.17) is 11.6 Å². The molecular formula is C14H20ClFN2O. The van der Waals surface area contributed by atoms with E-state index in [2.05, 4.69) is 5.32 Å². The lowest BCUT2D eigenvalue weighted by molar-refractivity contribution is -0.132. The largest absolute Gasteiger partial charge is 0.342 e. The fourth-order valence-corrected chi connectivity index (χ4v) is 1.93. The fourth-order valence-electron chi connectivity index (χ4n) is 1.82. The molecule has 3 nitrogen and oxygen atoms in total. The predicted octanol–water partition coefficient (Wildman–Crippen LogP) is 2.83. The van der Waals surface area contributed by atoms with Gasteiger partial charge in [0.15, 0.2) is 0 Å². The molecule has 0 fully saturated rings. The van der Waals surface area contributed by atoms with Gasteiger partial charge >= 0.3 is 0 Å². The number of carbonyl (C=O) groups excluding carboxylic acids is 1. The molecule has 0 heterocycles. The molecule has 5 heteroatoms. The van der Waals surface area contributed by atoms with Gasteiger partial charge in [-0.25, -0.2) is 4.39 Å². The third-order valence-corrected chi connectivity index (χ3v) is 3.35. The monoisotopic (exact) mass is 286 g/mol. The molecule has 0 bridgehead atoms. The first kappa shape index (κ1) is 15.9. The highest BCUT2D eigenvalue weighted by Gasteiger charge is 2.17. The molecule has 0 saturated heterocycles. The lowest BCUT2D eigenvalue weighted by Gasteiger charge is -2.23. The fraction of sp³-hybridized carbons (Fsp3) is 0.500. The van der Waals surface area contributed by atoms with Crippen molar-refractivity contribution in [2.24, 2.45) is 0 Å². The first-order valence-electron chi connectivity index (χ1n) is 6.45. The zero-order valence-electron chi connectivity index (χ0n) is 11.5. The summed E-state index contributed by atoms with van der Waals surface area (Å²) in [4.78, 5) is 13.8. The van der Waals surface area contributed by atoms with Crippen molar-refractivity contribution < 1.29 is 9.18 Å². The average Bonchev–Trinajstić information content (AvgIpc) is 2.41. The Balaban J connectivity index is 2.56. The zero-order chi connectivity index (χ0) is 14.4. The lowest BCUT2D eigenvalue weighted by Crippen LogP contribution is -2.44. The minimum Gasteiger partial charge on any atom is -0.342 e. The molecule has 1 unspecified atom stereocenters. The quantitative estimate of drug-likeness (QED) is 0.872. The third-order valence-electron chi connectivity index (χ3n) is 3.04. The van der Waals surface area contributed by atoms with Gasteiger partial charge in [-0.1, -0.05) is 17.7 Å². The van der Waals surface area contributed by atoms with E-state index in [0.717, 1.165) is 5.56 Å². The molecule has 1 atom stereocenters. The van der Waals surface area contributed by atoms with Crippen LogP contribution in [0.4, 0.5) is 4.39 Å². The molecule has 0 aliphatic rings. The number of likely N-dealkylation sites (N-methyl/N-ethyl adjacent to an activating group) is 1. The maximum Gasteiger partial charge on any atom is 0.239 e. The third kappa shape index (κ3) is 4.48. The van der Waals surface area contributed by atoms with Crippen LogP contribution >= 0.6 is 11.6 Å². The van der Waals surface area contributed by atoms with E-state index in [1.54, 1.807) is 11.0 Å². The van der Waals surface area contributed by atoms with E-state index in [-0.39, 0.29) is 17.0 Å². The molecule has 1 rings (SSSR count). The van der Waals surface area contributed by atoms with Crippen LogP contribution < -0.4 is 5.32 Å². The zero-order valence-corrected chi connectivity index (χ0v) is 12.3. The molecule has 19 heavy (non-hydrogen) atoms. The Bertz CT molecular complexity index is 435. The van der Waals surface area contributed by atoms with Crippen molar-refractivity contribution in [1.29, 1.82) is 0 Å². The molecule has 0 saturated carbocycles. The van der Waals surface area contributed by atoms with Crippen LogP contribution in [0.2, 0.25) is 5.02 Å². The summed E-state index contributed by atoms with van der Waals surface area (Å²) in [6.45, 7) is 7.52. The van der Waals surface area contributed by atoms with E-state index >= 15 is 0 Å². The minimum absolute atomic E-state index is 0.0550. The maximum atomic E-state index is 13.3. The minimum atomic E-state index is -0.441. The number of hydrogen-bond acceptors (Lipinski definition) is 2. The Hall–Kier alpha value is -1.13. The Labute approximate surface area is 118 Å². The van der Waals surface area contributed by atoms with Crippen molar-refractivity contribution >= 4 is 17.5 Å². The van der Waals surface area contributed by atoms with Crippen molar-refractivity contribution in [3.8, 4) is 0 Å². The van der Waals surface area contributed by atoms with Crippen molar-refractivity contribution in [3.63, 3.8) is 0 Å². The summed E-state index contributed by atoms with van der Waals surface area (Å²) in [5.41, 5.74) is 0.765. The predicted molar refractivity (Wildman–Crippen MR) is 75.6 cm³/mol. The van der Waals surface area contributed by atoms with Crippen molar-refractivity contribution in [2.75, 3.05) is 13.1 Å². The van der Waals surface area contributed by atoms with Crippen LogP contribution in [0.5, 0.6) is 0 Å². The summed E-state index contributed by atoms with van der Waals surface area (Å²) < 4.78 is 13.3. The second-order valence-corrected chi connectivity index (χ2v) is 4.77. The standard InChI is InChI=1S/C14H20ClFN2O/c1-4-18(5-2)14(19)10(3)17-9-11-6-7-12(15)13(16)8-11/h6-8,10,17H,4-5,9H2,1-3H3. The SMILES string of the molecule is CCN(CC)C(=O)C(C)NCc1ccc(Cl)c(F)c1. The first-order valence-corrected chi connectivity index (χ1v) is 6.83. The Morgan fingerprint density at radius 3 is 2.58 bits per heavy atom. The van der Waals surface area contributed by atoms with Crippen LogP contribution in [0.3, 0.4) is 0 Å². The van der Waals surface area contributed by atoms with Crippen molar-refractivity contribution in [2.45, 2.75) is 33.4 Å². The molecule has 1 N–H and O–H groups in total. The molecule has 106 valence electrons. The van der Waals surface area contributed by atoms with Crippen molar-refractivity contribution in [1.82, 2.24) is 10.2 Å². The summed E-state index contributed by atoms with van der Waals surface area (Å²) in [6.07, 6.45) is 0. The van der Waals surface area contributed by atoms with Crippen molar-refractivity contribution in [3.05, 3.63) is 34.6 Å². The Kier molecular flexibility index (Phi) is 6.25. The number of carbonyl (C=O) groups is 1. The number of hydrogen-bond donors (Lipinski definition) is 1. The van der Waals surface area contributed by atoms with Gasteiger partial charge in [0.25, 0.3) is 0 Å². The first-order chi connectivity index (χ1) is 8.99. The number of nitrogens with zero attached hydrogens (tertiary/aromatic N) is 1. The van der Waals surface area contributed by atoms with E-state index in [1.165, 1.54) is 12.1 Å². The molecule has 0 aliphatic heterocycles. The van der Waals surface area contributed by atoms with Crippen LogP contribution in [-0.2, 0) is 11.3 Å². The van der Waals surface area contributed by atoms with Gasteiger partial charge < -0.3 is 10.2 Å². The van der Waals surface area contributed by atoms with Gasteiger partial charge in [-0.05, 0) is 38.5 Å². The average molecular weight is 287 g/mol. The summed E-state index contributed by atoms with van der Waals surface area (Å²) in [7, 11) is 0. The number of halogens is 2. The van der Waals surface area contributed by atoms with Crippen LogP contribution in [0.25, 0.3) is 0 Å². The van der Waals surface area contributed by atoms with Crippen LogP contribution in [0, 0.1) is 5.82 Å². The molecule has 0 radical (unpaired) electrons. The summed E-state index contributed by atoms with van der Waals surface area (Å²) >= 11 is 5.62. The van der Waals surface area contributed by atoms with Gasteiger partial charge in [-0.2, -0.15) is 0 Å². The van der Waals surface area contributed by atoms with Gasteiger partial charge in [0.2, 0.25) is 5.91 Å². The lowest BCUT2D eigenvalue weighted by atomic mass is 10.2. The van der Waals surface area contributed by atoms with Crippen LogP contribution in [0.15, 0.2) is 18.2 Å². The molecule has 0 spiro atoms. The number of amides is 1. The summed E-state index contributed by atoms with van der Waals surface area (Å²) in [5.74, 6) is -0.386. The Morgan fingerprint density at radius 1 is 1.42 bits per heavy atom. The molecule has 0 aromatic heterocycles. The van der Waals surface area contributed by atoms with Gasteiger partial charge in [-0.3, -0.25) is 4.79 Å². The second-order valence-electron chi connectivity index (χ2n) is 4.36. The molecule has 1 aromatic rings. The molecule has 0 aliphatic carbocycles. The highest BCUT2D eigenvalue weighted by molar-refractivity contribution is 6.30. The highest BCUT2D eigenvalue weighted by atomic mass is 35.5. The van der Waals surface area contributed by atoms with Gasteiger partial charge in [0, 0.05) is 19.6 Å². The van der Waals surface area contributed by atoms with Crippen LogP contribution in [-0.4, -0.2) is 29.9 Å². The Morgan fingerprint density at radius 2 is 2.05 bits per heavy atom. The van der Waals surface area contributed by atoms with Gasteiger partial charge in [0.1, 0.15) is 5.82 Å². The summed E-state index contributed by atoms with van der Waals surface area (Å²) in [5, 5.41) is 3.20. The van der Waals surface area contributed by atoms with E-state index in [0.29, 0.717) is 19.6 Å². The number of nitrogens with one attached hydrogen (secondary N) is 1. The van der Waals surface area contributed by atoms with Crippen LogP contribution in [0.1, 0.15) is 26.3 Å². The maximum absolute atomic E-state index is 13.3. The smallest absolute Gasteiger partial charge is 0.239 e. The van der Waals surface area contributed by atoms with E-state index in [9.17, 15) is 9.18 Å². The summed E-state index contributed by atoms with van der Waals surface area (Å²) in [6, 6.07) is 4.35. The van der Waals surface area contributed by atoms with Gasteiger partial charge in [0.05, 0.1) is 11.1 Å². The number of benzene rings is 1. The van der Waals surface area contributed by atoms with Gasteiger partial charge in [-0.15, -0.1) is 0 Å². The van der Waals surface area contributed by atoms with E-state index < -0.39 is 5.82 Å². The normalized spacial score (nSPS) is 12.3. The molecule has 1 aromatic carbocycles. The number of rotatable bonds is 6.